The summed E-state index contributed by atoms with van der Waals surface area (Å²) in [7, 11) is 0. The predicted octanol–water partition coefficient (Wildman–Crippen LogP) is 3.73. The lowest BCUT2D eigenvalue weighted by molar-refractivity contribution is -0.0849. The summed E-state index contributed by atoms with van der Waals surface area (Å²) in [5.74, 6) is 0.852. The number of aliphatic imine (C=N–C) groups is 1. The maximum atomic E-state index is 12.6. The summed E-state index contributed by atoms with van der Waals surface area (Å²) in [6, 6.07) is 11.8. The lowest BCUT2D eigenvalue weighted by Gasteiger charge is -2.35. The number of amides is 1. The molecule has 2 aliphatic heterocycles. The standard InChI is InChI=1S/C18H18BrN3O2S/c1-12-5-6-15(25-12)17(23)22-9-7-18(8-10-22)20-16(21-24-18)13-3-2-4-14(19)11-13/h2-6,11H,7-10H2,1H3,(H,20,21). The number of likely N-dealkylation sites (tertiary alicyclic amines) is 1. The van der Waals surface area contributed by atoms with E-state index in [1.165, 1.54) is 0 Å². The molecule has 0 bridgehead atoms. The zero-order valence-electron chi connectivity index (χ0n) is 13.8. The molecule has 0 unspecified atom stereocenters. The summed E-state index contributed by atoms with van der Waals surface area (Å²) in [5.41, 5.74) is 3.38. The highest BCUT2D eigenvalue weighted by atomic mass is 79.9. The molecule has 0 radical (unpaired) electrons. The summed E-state index contributed by atoms with van der Waals surface area (Å²) >= 11 is 5.02. The quantitative estimate of drug-likeness (QED) is 0.806. The molecular weight excluding hydrogens is 402 g/mol. The number of thiophene rings is 1. The van der Waals surface area contributed by atoms with Gasteiger partial charge < -0.3 is 4.90 Å². The van der Waals surface area contributed by atoms with Crippen LogP contribution in [0.5, 0.6) is 0 Å². The molecule has 0 saturated carbocycles. The van der Waals surface area contributed by atoms with E-state index < -0.39 is 5.72 Å². The highest BCUT2D eigenvalue weighted by Crippen LogP contribution is 2.32. The van der Waals surface area contributed by atoms with Gasteiger partial charge >= 0.3 is 0 Å². The molecule has 1 spiro atoms. The molecule has 1 N–H and O–H groups in total. The smallest absolute Gasteiger partial charge is 0.263 e. The van der Waals surface area contributed by atoms with Gasteiger partial charge in [0.05, 0.1) is 4.88 Å². The third-order valence-electron chi connectivity index (χ3n) is 4.53. The second-order valence-electron chi connectivity index (χ2n) is 6.32. The molecule has 0 aliphatic carbocycles. The van der Waals surface area contributed by atoms with Crippen molar-refractivity contribution in [2.24, 2.45) is 4.99 Å². The number of nitrogens with one attached hydrogen (secondary N) is 1. The van der Waals surface area contributed by atoms with Crippen molar-refractivity contribution in [2.45, 2.75) is 25.5 Å². The van der Waals surface area contributed by atoms with Crippen molar-refractivity contribution >= 4 is 39.0 Å². The second kappa shape index (κ2) is 6.55. The van der Waals surface area contributed by atoms with E-state index >= 15 is 0 Å². The first kappa shape index (κ1) is 16.8. The van der Waals surface area contributed by atoms with Crippen molar-refractivity contribution in [1.82, 2.24) is 10.4 Å². The zero-order valence-corrected chi connectivity index (χ0v) is 16.2. The first-order valence-corrected chi connectivity index (χ1v) is 9.81. The summed E-state index contributed by atoms with van der Waals surface area (Å²) < 4.78 is 1.00. The number of nitrogens with zero attached hydrogens (tertiary/aromatic N) is 2. The van der Waals surface area contributed by atoms with Crippen molar-refractivity contribution < 1.29 is 9.63 Å². The average Bonchev–Trinajstić information content (AvgIpc) is 3.22. The number of amidine groups is 1. The number of piperidine rings is 1. The van der Waals surface area contributed by atoms with E-state index in [0.29, 0.717) is 25.9 Å². The van der Waals surface area contributed by atoms with Crippen molar-refractivity contribution in [3.63, 3.8) is 0 Å². The van der Waals surface area contributed by atoms with Crippen LogP contribution in [-0.4, -0.2) is 35.5 Å². The number of benzene rings is 1. The van der Waals surface area contributed by atoms with Gasteiger partial charge in [0.1, 0.15) is 0 Å². The Morgan fingerprint density at radius 1 is 1.32 bits per heavy atom. The normalized spacial score (nSPS) is 19.0. The minimum Gasteiger partial charge on any atom is -0.338 e. The van der Waals surface area contributed by atoms with Crippen molar-refractivity contribution in [3.8, 4) is 0 Å². The van der Waals surface area contributed by atoms with Crippen LogP contribution in [0.3, 0.4) is 0 Å². The summed E-state index contributed by atoms with van der Waals surface area (Å²) in [6.45, 7) is 3.31. The molecule has 25 heavy (non-hydrogen) atoms. The number of rotatable bonds is 2. The molecule has 2 aliphatic rings. The molecule has 5 nitrogen and oxygen atoms in total. The van der Waals surface area contributed by atoms with Gasteiger partial charge in [-0.3, -0.25) is 4.79 Å². The van der Waals surface area contributed by atoms with Crippen LogP contribution in [0.1, 0.15) is 33.0 Å². The Labute approximate surface area is 158 Å². The van der Waals surface area contributed by atoms with Gasteiger partial charge in [-0.15, -0.1) is 11.3 Å². The van der Waals surface area contributed by atoms with Gasteiger partial charge in [-0.2, -0.15) is 0 Å². The number of aryl methyl sites for hydroxylation is 1. The van der Waals surface area contributed by atoms with E-state index in [2.05, 4.69) is 21.4 Å². The highest BCUT2D eigenvalue weighted by molar-refractivity contribution is 9.10. The van der Waals surface area contributed by atoms with Crippen LogP contribution in [0.2, 0.25) is 0 Å². The number of halogens is 1. The lowest BCUT2D eigenvalue weighted by Crippen LogP contribution is -2.46. The van der Waals surface area contributed by atoms with Crippen LogP contribution in [0.4, 0.5) is 0 Å². The fraction of sp³-hybridized carbons (Fsp3) is 0.333. The number of hydroxylamine groups is 1. The molecule has 1 amide bonds. The number of hydrogen-bond donors (Lipinski definition) is 1. The average molecular weight is 420 g/mol. The van der Waals surface area contributed by atoms with Crippen molar-refractivity contribution in [2.75, 3.05) is 13.1 Å². The van der Waals surface area contributed by atoms with Crippen LogP contribution in [0.25, 0.3) is 0 Å². The fourth-order valence-corrected chi connectivity index (χ4v) is 4.37. The van der Waals surface area contributed by atoms with E-state index in [1.807, 2.05) is 48.2 Å². The Bertz CT molecular complexity index is 840. The SMILES string of the molecule is Cc1ccc(C(=O)N2CCC3(CC2)N=C(c2cccc(Br)c2)NO3)s1. The van der Waals surface area contributed by atoms with Crippen LogP contribution in [0, 0.1) is 6.92 Å². The van der Waals surface area contributed by atoms with Crippen molar-refractivity contribution in [1.29, 1.82) is 0 Å². The maximum absolute atomic E-state index is 12.6. The molecule has 7 heteroatoms. The third kappa shape index (κ3) is 3.36. The van der Waals surface area contributed by atoms with E-state index in [0.717, 1.165) is 25.6 Å². The lowest BCUT2D eigenvalue weighted by atomic mass is 10.0. The van der Waals surface area contributed by atoms with Crippen LogP contribution in [0.15, 0.2) is 45.9 Å². The Balaban J connectivity index is 1.45. The van der Waals surface area contributed by atoms with Gasteiger partial charge in [-0.1, -0.05) is 28.1 Å². The van der Waals surface area contributed by atoms with E-state index in [9.17, 15) is 4.79 Å². The molecule has 1 fully saturated rings. The highest BCUT2D eigenvalue weighted by Gasteiger charge is 2.41. The molecular formula is C18H18BrN3O2S. The Hall–Kier alpha value is -1.70. The molecule has 1 aromatic heterocycles. The van der Waals surface area contributed by atoms with Gasteiger partial charge in [-0.25, -0.2) is 15.3 Å². The largest absolute Gasteiger partial charge is 0.338 e. The van der Waals surface area contributed by atoms with Gasteiger partial charge in [0, 0.05) is 40.8 Å². The van der Waals surface area contributed by atoms with Crippen LogP contribution < -0.4 is 5.48 Å². The fourth-order valence-electron chi connectivity index (χ4n) is 3.13. The monoisotopic (exact) mass is 419 g/mol. The minimum absolute atomic E-state index is 0.107. The number of hydrogen-bond acceptors (Lipinski definition) is 5. The summed E-state index contributed by atoms with van der Waals surface area (Å²) in [4.78, 5) is 27.0. The maximum Gasteiger partial charge on any atom is 0.263 e. The van der Waals surface area contributed by atoms with Crippen molar-refractivity contribution in [3.05, 3.63) is 56.2 Å². The Morgan fingerprint density at radius 2 is 2.12 bits per heavy atom. The second-order valence-corrected chi connectivity index (χ2v) is 8.53. The molecule has 4 rings (SSSR count). The van der Waals surface area contributed by atoms with Crippen LogP contribution >= 0.6 is 27.3 Å². The van der Waals surface area contributed by atoms with Gasteiger partial charge in [0.15, 0.2) is 11.6 Å². The van der Waals surface area contributed by atoms with E-state index in [4.69, 9.17) is 9.83 Å². The minimum atomic E-state index is -0.570. The summed E-state index contributed by atoms with van der Waals surface area (Å²) in [5, 5.41) is 0. The van der Waals surface area contributed by atoms with Gasteiger partial charge in [-0.05, 0) is 31.2 Å². The van der Waals surface area contributed by atoms with Crippen LogP contribution in [-0.2, 0) is 4.84 Å². The molecule has 1 saturated heterocycles. The Kier molecular flexibility index (Phi) is 4.39. The topological polar surface area (TPSA) is 53.9 Å². The summed E-state index contributed by atoms with van der Waals surface area (Å²) in [6.07, 6.45) is 1.38. The number of carbonyl (C=O) groups excluding carboxylic acids is 1. The molecule has 0 atom stereocenters. The van der Waals surface area contributed by atoms with Gasteiger partial charge in [0.25, 0.3) is 5.91 Å². The third-order valence-corrected chi connectivity index (χ3v) is 6.02. The first-order valence-electron chi connectivity index (χ1n) is 8.20. The predicted molar refractivity (Wildman–Crippen MR) is 102 cm³/mol. The van der Waals surface area contributed by atoms with E-state index in [-0.39, 0.29) is 5.91 Å². The molecule has 130 valence electrons. The first-order chi connectivity index (χ1) is 12.0. The zero-order chi connectivity index (χ0) is 17.4. The molecule has 3 heterocycles. The van der Waals surface area contributed by atoms with E-state index in [1.54, 1.807) is 11.3 Å². The molecule has 1 aromatic carbocycles. The Morgan fingerprint density at radius 3 is 2.80 bits per heavy atom. The van der Waals surface area contributed by atoms with Gasteiger partial charge in [0.2, 0.25) is 0 Å². The number of carbonyl (C=O) groups is 1. The molecule has 2 aromatic rings.